The van der Waals surface area contributed by atoms with Gasteiger partial charge >= 0.3 is 6.18 Å². The van der Waals surface area contributed by atoms with Crippen LogP contribution in [0.2, 0.25) is 0 Å². The summed E-state index contributed by atoms with van der Waals surface area (Å²) in [7, 11) is 0. The van der Waals surface area contributed by atoms with Crippen LogP contribution in [0, 0.1) is 5.92 Å². The van der Waals surface area contributed by atoms with Crippen molar-refractivity contribution in [1.82, 2.24) is 5.32 Å². The minimum absolute atomic E-state index is 0.0724. The molecule has 1 saturated heterocycles. The molecule has 0 aromatic carbocycles. The molecule has 0 aromatic rings. The molecule has 0 spiro atoms. The first-order valence-corrected chi connectivity index (χ1v) is 4.38. The fourth-order valence-corrected chi connectivity index (χ4v) is 1.28. The Morgan fingerprint density at radius 3 is 2.71 bits per heavy atom. The molecular formula is C8H12F3NO2. The van der Waals surface area contributed by atoms with E-state index in [0.717, 1.165) is 6.42 Å². The van der Waals surface area contributed by atoms with Crippen LogP contribution >= 0.6 is 0 Å². The van der Waals surface area contributed by atoms with Crippen molar-refractivity contribution >= 4 is 5.91 Å². The van der Waals surface area contributed by atoms with E-state index in [1.807, 2.05) is 5.32 Å². The van der Waals surface area contributed by atoms with Crippen molar-refractivity contribution < 1.29 is 22.7 Å². The average molecular weight is 211 g/mol. The normalized spacial score (nSPS) is 22.4. The molecule has 1 aliphatic heterocycles. The van der Waals surface area contributed by atoms with E-state index in [1.54, 1.807) is 0 Å². The molecule has 1 aliphatic rings. The number of ether oxygens (including phenoxy) is 1. The maximum atomic E-state index is 11.7. The van der Waals surface area contributed by atoms with Gasteiger partial charge in [0.05, 0.1) is 0 Å². The molecule has 3 nitrogen and oxygen atoms in total. The van der Waals surface area contributed by atoms with Crippen LogP contribution in [0.25, 0.3) is 0 Å². The molecular weight excluding hydrogens is 199 g/mol. The summed E-state index contributed by atoms with van der Waals surface area (Å²) < 4.78 is 40.1. The number of rotatable bonds is 3. The number of hydrogen-bond donors (Lipinski definition) is 1. The molecule has 6 heteroatoms. The van der Waals surface area contributed by atoms with Gasteiger partial charge in [0.25, 0.3) is 0 Å². The van der Waals surface area contributed by atoms with Crippen LogP contribution in [-0.4, -0.2) is 31.8 Å². The maximum absolute atomic E-state index is 11.7. The highest BCUT2D eigenvalue weighted by Crippen LogP contribution is 2.16. The molecule has 0 unspecified atom stereocenters. The van der Waals surface area contributed by atoms with Gasteiger partial charge in [-0.05, 0) is 12.3 Å². The van der Waals surface area contributed by atoms with Crippen LogP contribution in [0.5, 0.6) is 0 Å². The smallest absolute Gasteiger partial charge is 0.381 e. The SMILES string of the molecule is O=C(C[C@@H]1CCOC1)NCC(F)(F)F. The lowest BCUT2D eigenvalue weighted by atomic mass is 10.1. The minimum atomic E-state index is -4.33. The van der Waals surface area contributed by atoms with Crippen LogP contribution in [-0.2, 0) is 9.53 Å². The van der Waals surface area contributed by atoms with Crippen molar-refractivity contribution in [3.8, 4) is 0 Å². The van der Waals surface area contributed by atoms with Crippen LogP contribution in [0.1, 0.15) is 12.8 Å². The summed E-state index contributed by atoms with van der Waals surface area (Å²) in [5.41, 5.74) is 0. The second kappa shape index (κ2) is 4.63. The molecule has 0 aromatic heterocycles. The van der Waals surface area contributed by atoms with Gasteiger partial charge in [-0.15, -0.1) is 0 Å². The Morgan fingerprint density at radius 1 is 1.50 bits per heavy atom. The summed E-state index contributed by atoms with van der Waals surface area (Å²) in [6.45, 7) is -0.184. The van der Waals surface area contributed by atoms with E-state index in [4.69, 9.17) is 4.74 Å². The molecule has 1 atom stereocenters. The molecule has 0 radical (unpaired) electrons. The lowest BCUT2D eigenvalue weighted by Crippen LogP contribution is -2.34. The van der Waals surface area contributed by atoms with Crippen LogP contribution < -0.4 is 5.32 Å². The Bertz CT molecular complexity index is 199. The van der Waals surface area contributed by atoms with E-state index >= 15 is 0 Å². The van der Waals surface area contributed by atoms with Crippen molar-refractivity contribution in [2.24, 2.45) is 5.92 Å². The Hall–Kier alpha value is -0.780. The highest BCUT2D eigenvalue weighted by molar-refractivity contribution is 5.76. The van der Waals surface area contributed by atoms with Crippen molar-refractivity contribution in [2.75, 3.05) is 19.8 Å². The first-order valence-electron chi connectivity index (χ1n) is 4.38. The summed E-state index contributed by atoms with van der Waals surface area (Å²) >= 11 is 0. The third kappa shape index (κ3) is 4.45. The summed E-state index contributed by atoms with van der Waals surface area (Å²) in [6.07, 6.45) is -3.46. The van der Waals surface area contributed by atoms with E-state index in [0.29, 0.717) is 13.2 Å². The van der Waals surface area contributed by atoms with Crippen molar-refractivity contribution in [2.45, 2.75) is 19.0 Å². The van der Waals surface area contributed by atoms with E-state index in [2.05, 4.69) is 0 Å². The number of alkyl halides is 3. The monoisotopic (exact) mass is 211 g/mol. The quantitative estimate of drug-likeness (QED) is 0.758. The average Bonchev–Trinajstić information content (AvgIpc) is 2.52. The molecule has 1 heterocycles. The van der Waals surface area contributed by atoms with Gasteiger partial charge in [-0.1, -0.05) is 0 Å². The number of halogens is 3. The number of carbonyl (C=O) groups excluding carboxylic acids is 1. The fourth-order valence-electron chi connectivity index (χ4n) is 1.28. The van der Waals surface area contributed by atoms with Gasteiger partial charge in [0.1, 0.15) is 6.54 Å². The van der Waals surface area contributed by atoms with Gasteiger partial charge in [-0.2, -0.15) is 13.2 Å². The molecule has 82 valence electrons. The number of amides is 1. The molecule has 14 heavy (non-hydrogen) atoms. The minimum Gasteiger partial charge on any atom is -0.381 e. The molecule has 1 rings (SSSR count). The Labute approximate surface area is 79.6 Å². The summed E-state index contributed by atoms with van der Waals surface area (Å²) in [6, 6.07) is 0. The predicted molar refractivity (Wildman–Crippen MR) is 42.6 cm³/mol. The third-order valence-electron chi connectivity index (χ3n) is 1.98. The van der Waals surface area contributed by atoms with Crippen molar-refractivity contribution in [1.29, 1.82) is 0 Å². The van der Waals surface area contributed by atoms with Crippen molar-refractivity contribution in [3.63, 3.8) is 0 Å². The Morgan fingerprint density at radius 2 is 2.21 bits per heavy atom. The fraction of sp³-hybridized carbons (Fsp3) is 0.875. The molecule has 0 bridgehead atoms. The number of carbonyl (C=O) groups is 1. The summed E-state index contributed by atoms with van der Waals surface area (Å²) in [5.74, 6) is -0.485. The number of hydrogen-bond acceptors (Lipinski definition) is 2. The third-order valence-corrected chi connectivity index (χ3v) is 1.98. The second-order valence-corrected chi connectivity index (χ2v) is 3.33. The highest BCUT2D eigenvalue weighted by Gasteiger charge is 2.28. The van der Waals surface area contributed by atoms with Crippen molar-refractivity contribution in [3.05, 3.63) is 0 Å². The van der Waals surface area contributed by atoms with E-state index in [-0.39, 0.29) is 12.3 Å². The first-order chi connectivity index (χ1) is 6.47. The zero-order chi connectivity index (χ0) is 10.6. The van der Waals surface area contributed by atoms with Gasteiger partial charge in [0.15, 0.2) is 0 Å². The van der Waals surface area contributed by atoms with E-state index in [9.17, 15) is 18.0 Å². The number of nitrogens with one attached hydrogen (secondary N) is 1. The highest BCUT2D eigenvalue weighted by atomic mass is 19.4. The van der Waals surface area contributed by atoms with Gasteiger partial charge in [-0.3, -0.25) is 4.79 Å². The molecule has 1 fully saturated rings. The van der Waals surface area contributed by atoms with Gasteiger partial charge < -0.3 is 10.1 Å². The van der Waals surface area contributed by atoms with Crippen LogP contribution in [0.4, 0.5) is 13.2 Å². The van der Waals surface area contributed by atoms with E-state index in [1.165, 1.54) is 0 Å². The lowest BCUT2D eigenvalue weighted by molar-refractivity contribution is -0.138. The summed E-state index contributed by atoms with van der Waals surface area (Å²) in [4.78, 5) is 11.0. The van der Waals surface area contributed by atoms with Crippen LogP contribution in [0.15, 0.2) is 0 Å². The topological polar surface area (TPSA) is 38.3 Å². The zero-order valence-corrected chi connectivity index (χ0v) is 7.56. The Kier molecular flexibility index (Phi) is 3.74. The zero-order valence-electron chi connectivity index (χ0n) is 7.56. The van der Waals surface area contributed by atoms with E-state index < -0.39 is 18.6 Å². The van der Waals surface area contributed by atoms with Gasteiger partial charge in [-0.25, -0.2) is 0 Å². The standard InChI is InChI=1S/C8H12F3NO2/c9-8(10,11)5-12-7(13)3-6-1-2-14-4-6/h6H,1-5H2,(H,12,13)/t6-/m0/s1. The summed E-state index contributed by atoms with van der Waals surface area (Å²) in [5, 5.41) is 1.83. The molecule has 0 saturated carbocycles. The largest absolute Gasteiger partial charge is 0.405 e. The molecule has 0 aliphatic carbocycles. The second-order valence-electron chi connectivity index (χ2n) is 3.33. The van der Waals surface area contributed by atoms with Gasteiger partial charge in [0, 0.05) is 19.6 Å². The maximum Gasteiger partial charge on any atom is 0.405 e. The molecule has 1 N–H and O–H groups in total. The van der Waals surface area contributed by atoms with Crippen LogP contribution in [0.3, 0.4) is 0 Å². The predicted octanol–water partition coefficient (Wildman–Crippen LogP) is 1.09. The first kappa shape index (κ1) is 11.3. The molecule has 1 amide bonds. The Balaban J connectivity index is 2.15. The lowest BCUT2D eigenvalue weighted by Gasteiger charge is -2.10. The van der Waals surface area contributed by atoms with Gasteiger partial charge in [0.2, 0.25) is 5.91 Å².